The number of rotatable bonds is 6. The first-order valence-electron chi connectivity index (χ1n) is 27.8. The molecule has 12 aromatic rings. The van der Waals surface area contributed by atoms with Gasteiger partial charge in [-0.3, -0.25) is 0 Å². The van der Waals surface area contributed by atoms with E-state index in [1.165, 1.54) is 86.1 Å². The zero-order valence-electron chi connectivity index (χ0n) is 45.9. The Labute approximate surface area is 471 Å². The molecule has 0 N–H and O–H groups in total. The van der Waals surface area contributed by atoms with Gasteiger partial charge in [-0.15, -0.1) is 22.7 Å². The summed E-state index contributed by atoms with van der Waals surface area (Å²) in [6, 6.07) is 65.3. The third-order valence-electron chi connectivity index (χ3n) is 17.1. The Bertz CT molecular complexity index is 4480. The number of furan rings is 2. The maximum atomic E-state index is 6.21. The topological polar surface area (TPSA) is 32.8 Å². The van der Waals surface area contributed by atoms with Crippen molar-refractivity contribution in [2.75, 3.05) is 9.80 Å². The molecule has 1 aliphatic carbocycles. The molecular weight excluding hydrogens is 1000 g/mol. The molecule has 1 unspecified atom stereocenters. The summed E-state index contributed by atoms with van der Waals surface area (Å²) in [5, 5.41) is 6.15. The SMILES string of the molecule is Cc1cc2c3c(c1)N(c1ccc(-c4coc5ccccc45)cc1-c1ccccc1)c1sc4ccc(C(C)(C)C)cc4c1B3c1c(sc3c1C=C(C(C)(C)C)C(C)C3)N2c1ccc(-c2coc3ccccc23)cc1-c1ccccc1. The average Bonchev–Trinajstić information content (AvgIpc) is 3.61. The van der Waals surface area contributed by atoms with E-state index in [0.29, 0.717) is 5.92 Å². The quantitative estimate of drug-likeness (QED) is 0.155. The number of para-hydroxylation sites is 2. The molecule has 7 heteroatoms. The van der Waals surface area contributed by atoms with Crippen LogP contribution in [0.1, 0.15) is 70.0 Å². The summed E-state index contributed by atoms with van der Waals surface area (Å²) in [5.41, 5.74) is 25.2. The van der Waals surface area contributed by atoms with Gasteiger partial charge in [-0.25, -0.2) is 0 Å². The lowest BCUT2D eigenvalue weighted by Gasteiger charge is -2.43. The van der Waals surface area contributed by atoms with Crippen molar-refractivity contribution in [3.05, 3.63) is 216 Å². The number of anilines is 6. The number of fused-ring (bicyclic) bond motifs is 10. The highest BCUT2D eigenvalue weighted by Crippen LogP contribution is 2.55. The molecule has 0 amide bonds. The van der Waals surface area contributed by atoms with Crippen LogP contribution in [0, 0.1) is 18.3 Å². The van der Waals surface area contributed by atoms with Crippen molar-refractivity contribution in [1.82, 2.24) is 0 Å². The Hall–Kier alpha value is -8.10. The van der Waals surface area contributed by atoms with Gasteiger partial charge in [0.25, 0.3) is 6.71 Å². The lowest BCUT2D eigenvalue weighted by molar-refractivity contribution is 0.436. The van der Waals surface area contributed by atoms with Crippen molar-refractivity contribution in [1.29, 1.82) is 0 Å². The lowest BCUT2D eigenvalue weighted by Crippen LogP contribution is -2.61. The molecule has 1 atom stereocenters. The number of benzene rings is 8. The van der Waals surface area contributed by atoms with Gasteiger partial charge in [0.1, 0.15) is 11.2 Å². The van der Waals surface area contributed by atoms with E-state index in [4.69, 9.17) is 8.83 Å². The number of thiophene rings is 2. The fourth-order valence-electron chi connectivity index (χ4n) is 13.4. The molecule has 384 valence electrons. The van der Waals surface area contributed by atoms with Crippen LogP contribution in [0.5, 0.6) is 0 Å². The van der Waals surface area contributed by atoms with Crippen LogP contribution >= 0.6 is 22.7 Å². The lowest BCUT2D eigenvalue weighted by atomic mass is 9.33. The predicted octanol–water partition coefficient (Wildman–Crippen LogP) is 19.4. The molecular formula is C72H59BN2O2S2. The molecule has 0 radical (unpaired) electrons. The largest absolute Gasteiger partial charge is 0.464 e. The molecule has 8 aromatic carbocycles. The Balaban J connectivity index is 1.06. The maximum Gasteiger partial charge on any atom is 0.256 e. The van der Waals surface area contributed by atoms with Crippen LogP contribution in [0.4, 0.5) is 32.8 Å². The van der Waals surface area contributed by atoms with Crippen LogP contribution in [0.2, 0.25) is 0 Å². The average molecular weight is 1060 g/mol. The third kappa shape index (κ3) is 7.53. The van der Waals surface area contributed by atoms with Gasteiger partial charge in [-0.05, 0) is 145 Å². The predicted molar refractivity (Wildman–Crippen MR) is 339 cm³/mol. The first-order valence-corrected chi connectivity index (χ1v) is 29.4. The standard InChI is InChI=1S/C72H59BN2O2S2/c1-42-33-60-68-61(34-42)75(59-31-28-47(37-52(59)45-21-13-10-14-22-45)56-41-77-63-26-18-16-24-50(56)63)70-67(54-39-57(72(6,7)8)43(2)35-65(54)79-70)73(68)66-53-38-48(71(3,4)5)29-32-64(53)78-69(66)74(60)58-30-27-46(36-51(58)44-19-11-9-12-20-44)55-40-76-62-25-17-15-23-49(55)62/h9-34,36-41,43H,35H2,1-8H3. The van der Waals surface area contributed by atoms with Gasteiger partial charge in [0.15, 0.2) is 0 Å². The van der Waals surface area contributed by atoms with Crippen molar-refractivity contribution >= 4 is 117 Å². The number of aryl methyl sites for hydroxylation is 1. The third-order valence-corrected chi connectivity index (χ3v) is 19.5. The van der Waals surface area contributed by atoms with Crippen LogP contribution in [0.3, 0.4) is 0 Å². The summed E-state index contributed by atoms with van der Waals surface area (Å²) in [6.07, 6.45) is 7.50. The van der Waals surface area contributed by atoms with Gasteiger partial charge in [-0.2, -0.15) is 0 Å². The number of hydrogen-bond donors (Lipinski definition) is 0. The minimum Gasteiger partial charge on any atom is -0.464 e. The van der Waals surface area contributed by atoms with Gasteiger partial charge in [0, 0.05) is 54.0 Å². The summed E-state index contributed by atoms with van der Waals surface area (Å²) in [6.45, 7) is 18.9. The number of allylic oxidation sites excluding steroid dienone is 1. The van der Waals surface area contributed by atoms with Gasteiger partial charge in [0.2, 0.25) is 0 Å². The van der Waals surface area contributed by atoms with Crippen LogP contribution in [0.15, 0.2) is 203 Å². The Morgan fingerprint density at radius 3 is 1.56 bits per heavy atom. The van der Waals surface area contributed by atoms with E-state index >= 15 is 0 Å². The van der Waals surface area contributed by atoms with Gasteiger partial charge in [0.05, 0.1) is 33.9 Å². The number of hydrogen-bond acceptors (Lipinski definition) is 6. The normalized spacial score (nSPS) is 14.9. The molecule has 0 fully saturated rings. The number of nitrogens with zero attached hydrogens (tertiary/aromatic N) is 2. The fourth-order valence-corrected chi connectivity index (χ4v) is 16.1. The van der Waals surface area contributed by atoms with E-state index in [2.05, 4.69) is 235 Å². The van der Waals surface area contributed by atoms with E-state index in [9.17, 15) is 0 Å². The first-order chi connectivity index (χ1) is 38.3. The summed E-state index contributed by atoms with van der Waals surface area (Å²) < 4.78 is 13.7. The summed E-state index contributed by atoms with van der Waals surface area (Å²) in [5.74, 6) is 0.415. The molecule has 79 heavy (non-hydrogen) atoms. The highest BCUT2D eigenvalue weighted by molar-refractivity contribution is 7.27. The molecule has 0 spiro atoms. The van der Waals surface area contributed by atoms with Gasteiger partial charge in [-0.1, -0.05) is 181 Å². The van der Waals surface area contributed by atoms with Crippen LogP contribution in [0.25, 0.3) is 82.6 Å². The van der Waals surface area contributed by atoms with Crippen LogP contribution in [-0.2, 0) is 11.8 Å². The molecule has 2 aliphatic heterocycles. The van der Waals surface area contributed by atoms with E-state index in [1.54, 1.807) is 0 Å². The second kappa shape index (κ2) is 17.7. The van der Waals surface area contributed by atoms with E-state index in [0.717, 1.165) is 73.1 Å². The monoisotopic (exact) mass is 1060 g/mol. The molecule has 0 bridgehead atoms. The summed E-state index contributed by atoms with van der Waals surface area (Å²) in [7, 11) is 0. The minimum absolute atomic E-state index is 0.00197. The summed E-state index contributed by atoms with van der Waals surface area (Å²) >= 11 is 3.96. The molecule has 3 aliphatic rings. The zero-order chi connectivity index (χ0) is 53.6. The molecule has 4 nitrogen and oxygen atoms in total. The first kappa shape index (κ1) is 48.1. The van der Waals surface area contributed by atoms with Crippen LogP contribution in [-0.4, -0.2) is 6.71 Å². The maximum absolute atomic E-state index is 6.21. The molecule has 0 saturated heterocycles. The zero-order valence-corrected chi connectivity index (χ0v) is 47.5. The van der Waals surface area contributed by atoms with Crippen molar-refractivity contribution in [2.45, 2.75) is 67.2 Å². The highest BCUT2D eigenvalue weighted by atomic mass is 32.1. The Morgan fingerprint density at radius 2 is 1.01 bits per heavy atom. The Kier molecular flexibility index (Phi) is 10.8. The van der Waals surface area contributed by atoms with Crippen molar-refractivity contribution in [3.8, 4) is 44.5 Å². The fraction of sp³-hybridized carbons (Fsp3) is 0.167. The van der Waals surface area contributed by atoms with E-state index in [1.807, 2.05) is 47.3 Å². The second-order valence-corrected chi connectivity index (χ2v) is 26.3. The summed E-state index contributed by atoms with van der Waals surface area (Å²) in [4.78, 5) is 6.81. The van der Waals surface area contributed by atoms with Gasteiger partial charge >= 0.3 is 0 Å². The smallest absolute Gasteiger partial charge is 0.256 e. The molecule has 0 saturated carbocycles. The second-order valence-electron chi connectivity index (χ2n) is 24.2. The van der Waals surface area contributed by atoms with E-state index in [-0.39, 0.29) is 17.5 Å². The van der Waals surface area contributed by atoms with Crippen molar-refractivity contribution < 1.29 is 8.83 Å². The van der Waals surface area contributed by atoms with Crippen molar-refractivity contribution in [3.63, 3.8) is 0 Å². The van der Waals surface area contributed by atoms with E-state index < -0.39 is 0 Å². The highest BCUT2D eigenvalue weighted by Gasteiger charge is 2.49. The Morgan fingerprint density at radius 1 is 0.481 bits per heavy atom. The molecule has 4 aromatic heterocycles. The van der Waals surface area contributed by atoms with Crippen molar-refractivity contribution in [2.24, 2.45) is 11.3 Å². The minimum atomic E-state index is -0.0512. The van der Waals surface area contributed by atoms with Crippen LogP contribution < -0.4 is 26.2 Å². The molecule has 15 rings (SSSR count). The van der Waals surface area contributed by atoms with Gasteiger partial charge < -0.3 is 18.6 Å². The molecule has 6 heterocycles.